The fraction of sp³-hybridized carbons (Fsp3) is 0.500. The molecule has 0 saturated heterocycles. The first-order valence-corrected chi connectivity index (χ1v) is 8.40. The molecule has 0 bridgehead atoms. The predicted octanol–water partition coefficient (Wildman–Crippen LogP) is 4.94. The summed E-state index contributed by atoms with van der Waals surface area (Å²) in [4.78, 5) is 0. The van der Waals surface area contributed by atoms with Gasteiger partial charge >= 0.3 is 0 Å². The normalized spacial score (nSPS) is 25.5. The quantitative estimate of drug-likeness (QED) is 0.818. The molecule has 1 heteroatoms. The first-order chi connectivity index (χ1) is 10.2. The molecule has 1 aliphatic rings. The van der Waals surface area contributed by atoms with E-state index >= 15 is 0 Å². The molecule has 112 valence electrons. The number of hydrogen-bond donors (Lipinski definition) is 1. The Hall–Kier alpha value is -1.34. The van der Waals surface area contributed by atoms with Gasteiger partial charge < -0.3 is 5.32 Å². The maximum Gasteiger partial charge on any atom is 0.00725 e. The van der Waals surface area contributed by atoms with Crippen molar-refractivity contribution in [2.75, 3.05) is 6.54 Å². The lowest BCUT2D eigenvalue weighted by Gasteiger charge is -2.25. The summed E-state index contributed by atoms with van der Waals surface area (Å²) in [6.45, 7) is 5.88. The lowest BCUT2D eigenvalue weighted by Crippen LogP contribution is -2.29. The topological polar surface area (TPSA) is 12.0 Å². The van der Waals surface area contributed by atoms with Crippen LogP contribution in [0.1, 0.15) is 45.1 Å². The van der Waals surface area contributed by atoms with Crippen molar-refractivity contribution in [3.05, 3.63) is 48.0 Å². The van der Waals surface area contributed by atoms with Crippen molar-refractivity contribution in [3.63, 3.8) is 0 Å². The molecular formula is C20H27N. The van der Waals surface area contributed by atoms with E-state index in [1.54, 1.807) is 0 Å². The zero-order valence-corrected chi connectivity index (χ0v) is 13.4. The first kappa shape index (κ1) is 14.6. The van der Waals surface area contributed by atoms with E-state index in [1.165, 1.54) is 48.4 Å². The van der Waals surface area contributed by atoms with E-state index in [9.17, 15) is 0 Å². The fourth-order valence-corrected chi connectivity index (χ4v) is 3.91. The van der Waals surface area contributed by atoms with Gasteiger partial charge in [-0.2, -0.15) is 0 Å². The number of benzene rings is 2. The smallest absolute Gasteiger partial charge is 0.00725 e. The van der Waals surface area contributed by atoms with Crippen LogP contribution >= 0.6 is 0 Å². The molecule has 21 heavy (non-hydrogen) atoms. The molecule has 0 amide bonds. The highest BCUT2D eigenvalue weighted by molar-refractivity contribution is 5.85. The van der Waals surface area contributed by atoms with Crippen LogP contribution in [0.3, 0.4) is 0 Å². The van der Waals surface area contributed by atoms with Crippen LogP contribution < -0.4 is 5.32 Å². The molecule has 2 atom stereocenters. The zero-order chi connectivity index (χ0) is 14.7. The molecule has 0 aromatic heterocycles. The highest BCUT2D eigenvalue weighted by Gasteiger charge is 2.34. The van der Waals surface area contributed by atoms with E-state index in [1.807, 2.05) is 0 Å². The van der Waals surface area contributed by atoms with Gasteiger partial charge in [-0.15, -0.1) is 0 Å². The summed E-state index contributed by atoms with van der Waals surface area (Å²) in [7, 11) is 0. The van der Waals surface area contributed by atoms with Gasteiger partial charge in [0, 0.05) is 6.04 Å². The molecule has 0 heterocycles. The van der Waals surface area contributed by atoms with Gasteiger partial charge in [-0.1, -0.05) is 56.3 Å². The molecule has 3 rings (SSSR count). The molecule has 1 nitrogen and oxygen atoms in total. The third kappa shape index (κ3) is 3.29. The van der Waals surface area contributed by atoms with E-state index in [0.717, 1.165) is 12.6 Å². The van der Waals surface area contributed by atoms with Crippen molar-refractivity contribution < 1.29 is 0 Å². The Bertz CT molecular complexity index is 598. The minimum Gasteiger partial charge on any atom is -0.314 e. The highest BCUT2D eigenvalue weighted by Crippen LogP contribution is 2.41. The van der Waals surface area contributed by atoms with Crippen molar-refractivity contribution in [1.82, 2.24) is 5.32 Å². The maximum atomic E-state index is 3.71. The SMILES string of the molecule is CCCNC1CCC(C)(Cc2cccc3ccccc23)C1. The van der Waals surface area contributed by atoms with Crippen LogP contribution in [0.4, 0.5) is 0 Å². The second-order valence-corrected chi connectivity index (χ2v) is 7.02. The number of rotatable bonds is 5. The Labute approximate surface area is 128 Å². The minimum absolute atomic E-state index is 0.454. The third-order valence-electron chi connectivity index (χ3n) is 5.02. The molecular weight excluding hydrogens is 254 g/mol. The number of hydrogen-bond acceptors (Lipinski definition) is 1. The lowest BCUT2D eigenvalue weighted by atomic mass is 9.81. The first-order valence-electron chi connectivity index (χ1n) is 8.40. The Morgan fingerprint density at radius 1 is 1.14 bits per heavy atom. The molecule has 2 aromatic rings. The van der Waals surface area contributed by atoms with E-state index < -0.39 is 0 Å². The van der Waals surface area contributed by atoms with Crippen molar-refractivity contribution >= 4 is 10.8 Å². The van der Waals surface area contributed by atoms with E-state index in [4.69, 9.17) is 0 Å². The Morgan fingerprint density at radius 3 is 2.81 bits per heavy atom. The minimum atomic E-state index is 0.454. The van der Waals surface area contributed by atoms with Gasteiger partial charge in [0.1, 0.15) is 0 Å². The molecule has 0 radical (unpaired) electrons. The van der Waals surface area contributed by atoms with Crippen LogP contribution in [-0.2, 0) is 6.42 Å². The fourth-order valence-electron chi connectivity index (χ4n) is 3.91. The van der Waals surface area contributed by atoms with Gasteiger partial charge in [-0.05, 0) is 60.4 Å². The van der Waals surface area contributed by atoms with Gasteiger partial charge in [-0.3, -0.25) is 0 Å². The molecule has 1 aliphatic carbocycles. The van der Waals surface area contributed by atoms with Crippen molar-refractivity contribution in [2.45, 2.75) is 52.0 Å². The van der Waals surface area contributed by atoms with Gasteiger partial charge in [0.15, 0.2) is 0 Å². The summed E-state index contributed by atoms with van der Waals surface area (Å²) in [5.74, 6) is 0. The summed E-state index contributed by atoms with van der Waals surface area (Å²) in [5, 5.41) is 6.52. The van der Waals surface area contributed by atoms with Gasteiger partial charge in [0.25, 0.3) is 0 Å². The number of fused-ring (bicyclic) bond motifs is 1. The summed E-state index contributed by atoms with van der Waals surface area (Å²) in [6, 6.07) is 16.3. The second kappa shape index (κ2) is 6.19. The van der Waals surface area contributed by atoms with E-state index in [2.05, 4.69) is 61.6 Å². The molecule has 2 unspecified atom stereocenters. The zero-order valence-electron chi connectivity index (χ0n) is 13.4. The van der Waals surface area contributed by atoms with Gasteiger partial charge in [0.2, 0.25) is 0 Å². The van der Waals surface area contributed by atoms with E-state index in [0.29, 0.717) is 5.41 Å². The highest BCUT2D eigenvalue weighted by atomic mass is 14.9. The Kier molecular flexibility index (Phi) is 4.30. The summed E-state index contributed by atoms with van der Waals surface area (Å²) >= 11 is 0. The van der Waals surface area contributed by atoms with Crippen LogP contribution in [0.25, 0.3) is 10.8 Å². The van der Waals surface area contributed by atoms with Crippen LogP contribution in [0.5, 0.6) is 0 Å². The predicted molar refractivity (Wildman–Crippen MR) is 91.7 cm³/mol. The van der Waals surface area contributed by atoms with Gasteiger partial charge in [-0.25, -0.2) is 0 Å². The summed E-state index contributed by atoms with van der Waals surface area (Å²) in [6.07, 6.45) is 6.43. The molecule has 2 aromatic carbocycles. The van der Waals surface area contributed by atoms with Crippen LogP contribution in [0.15, 0.2) is 42.5 Å². The average molecular weight is 281 g/mol. The largest absolute Gasteiger partial charge is 0.314 e. The van der Waals surface area contributed by atoms with Crippen molar-refractivity contribution in [2.24, 2.45) is 5.41 Å². The van der Waals surface area contributed by atoms with Crippen molar-refractivity contribution in [1.29, 1.82) is 0 Å². The Morgan fingerprint density at radius 2 is 1.95 bits per heavy atom. The Balaban J connectivity index is 1.76. The standard InChI is InChI=1S/C20H27N/c1-3-13-21-18-11-12-20(2,15-18)14-17-9-6-8-16-7-4-5-10-19(16)17/h4-10,18,21H,3,11-15H2,1-2H3. The third-order valence-corrected chi connectivity index (χ3v) is 5.02. The van der Waals surface area contributed by atoms with Crippen LogP contribution in [0, 0.1) is 5.41 Å². The van der Waals surface area contributed by atoms with Crippen LogP contribution in [-0.4, -0.2) is 12.6 Å². The lowest BCUT2D eigenvalue weighted by molar-refractivity contribution is 0.323. The second-order valence-electron chi connectivity index (χ2n) is 7.02. The molecule has 0 spiro atoms. The van der Waals surface area contributed by atoms with E-state index in [-0.39, 0.29) is 0 Å². The number of nitrogens with one attached hydrogen (secondary N) is 1. The molecule has 1 fully saturated rings. The molecule has 1 N–H and O–H groups in total. The van der Waals surface area contributed by atoms with Crippen LogP contribution in [0.2, 0.25) is 0 Å². The molecule has 0 aliphatic heterocycles. The summed E-state index contributed by atoms with van der Waals surface area (Å²) in [5.41, 5.74) is 1.97. The molecule has 1 saturated carbocycles. The van der Waals surface area contributed by atoms with Gasteiger partial charge in [0.05, 0.1) is 0 Å². The average Bonchev–Trinajstić information content (AvgIpc) is 2.87. The maximum absolute atomic E-state index is 3.71. The monoisotopic (exact) mass is 281 g/mol. The summed E-state index contributed by atoms with van der Waals surface area (Å²) < 4.78 is 0. The van der Waals surface area contributed by atoms with Crippen molar-refractivity contribution in [3.8, 4) is 0 Å².